The lowest BCUT2D eigenvalue weighted by molar-refractivity contribution is 0.978. The molecule has 0 N–H and O–H groups in total. The van der Waals surface area contributed by atoms with Crippen LogP contribution in [-0.2, 0) is 12.8 Å². The molecule has 0 radical (unpaired) electrons. The Morgan fingerprint density at radius 1 is 0.224 bits per heavy atom. The molecule has 314 valence electrons. The van der Waals surface area contributed by atoms with Gasteiger partial charge in [0.1, 0.15) is 0 Å². The van der Waals surface area contributed by atoms with Crippen LogP contribution in [0.3, 0.4) is 0 Å². The van der Waals surface area contributed by atoms with Gasteiger partial charge in [-0.25, -0.2) is 0 Å². The number of hydrogen-bond donors (Lipinski definition) is 0. The van der Waals surface area contributed by atoms with Crippen molar-refractivity contribution in [3.05, 3.63) is 260 Å². The maximum atomic E-state index is 2.47. The zero-order valence-corrected chi connectivity index (χ0v) is 37.0. The molecule has 67 heavy (non-hydrogen) atoms. The molecule has 13 rings (SSSR count). The Bertz CT molecular complexity index is 3780. The van der Waals surface area contributed by atoms with E-state index in [4.69, 9.17) is 0 Å². The van der Waals surface area contributed by atoms with Gasteiger partial charge in [0.2, 0.25) is 0 Å². The van der Waals surface area contributed by atoms with Gasteiger partial charge in [0.05, 0.1) is 0 Å². The van der Waals surface area contributed by atoms with Crippen LogP contribution in [0, 0.1) is 0 Å². The van der Waals surface area contributed by atoms with Crippen molar-refractivity contribution in [3.63, 3.8) is 0 Å². The van der Waals surface area contributed by atoms with E-state index in [0.29, 0.717) is 0 Å². The fraction of sp³-hybridized carbons (Fsp3) is 0.0303. The summed E-state index contributed by atoms with van der Waals surface area (Å²) < 4.78 is 0. The minimum atomic E-state index is 0.970. The Kier molecular flexibility index (Phi) is 9.39. The maximum absolute atomic E-state index is 2.47. The van der Waals surface area contributed by atoms with Crippen LogP contribution in [0.5, 0.6) is 0 Å². The molecule has 0 aromatic heterocycles. The maximum Gasteiger partial charge on any atom is 0.0494 e. The SMILES string of the molecule is c1ccc(-c2ccc3c(-c4ccc(-c5c6ccccc6c(-c6ccc7c(c6)CCc6ccccc6N7c6ccccc6)c6ccccc56)cc4)c4ccccc4c(-c4ccccc4)c3c2)cc1. The Balaban J connectivity index is 0.972. The molecule has 1 aliphatic heterocycles. The van der Waals surface area contributed by atoms with E-state index in [9.17, 15) is 0 Å². The number of para-hydroxylation sites is 2. The summed E-state index contributed by atoms with van der Waals surface area (Å²) in [4.78, 5) is 2.45. The summed E-state index contributed by atoms with van der Waals surface area (Å²) in [6, 6.07) is 92.0. The molecule has 1 aliphatic rings. The molecule has 1 nitrogen and oxygen atoms in total. The largest absolute Gasteiger partial charge is 0.310 e. The summed E-state index contributed by atoms with van der Waals surface area (Å²) in [5.41, 5.74) is 18.8. The molecule has 0 saturated heterocycles. The summed E-state index contributed by atoms with van der Waals surface area (Å²) in [6.07, 6.45) is 1.96. The highest BCUT2D eigenvalue weighted by atomic mass is 15.1. The molecular formula is C66H45N. The molecule has 1 heterocycles. The van der Waals surface area contributed by atoms with Crippen LogP contribution in [0.2, 0.25) is 0 Å². The van der Waals surface area contributed by atoms with Crippen molar-refractivity contribution in [2.75, 3.05) is 4.90 Å². The quantitative estimate of drug-likeness (QED) is 0.151. The monoisotopic (exact) mass is 851 g/mol. The predicted octanol–water partition coefficient (Wildman–Crippen LogP) is 18.2. The lowest BCUT2D eigenvalue weighted by Crippen LogP contribution is -2.11. The summed E-state index contributed by atoms with van der Waals surface area (Å²) in [5.74, 6) is 0. The molecule has 0 fully saturated rings. The van der Waals surface area contributed by atoms with Gasteiger partial charge in [0, 0.05) is 17.1 Å². The van der Waals surface area contributed by atoms with Gasteiger partial charge in [-0.2, -0.15) is 0 Å². The van der Waals surface area contributed by atoms with Crippen LogP contribution >= 0.6 is 0 Å². The van der Waals surface area contributed by atoms with E-state index in [0.717, 1.165) is 12.8 Å². The molecule has 0 amide bonds. The Morgan fingerprint density at radius 2 is 0.597 bits per heavy atom. The van der Waals surface area contributed by atoms with Crippen molar-refractivity contribution in [3.8, 4) is 55.6 Å². The highest BCUT2D eigenvalue weighted by molar-refractivity contribution is 6.23. The number of anilines is 3. The fourth-order valence-electron chi connectivity index (χ4n) is 11.1. The van der Waals surface area contributed by atoms with E-state index < -0.39 is 0 Å². The Hall–Kier alpha value is -8.52. The van der Waals surface area contributed by atoms with Crippen molar-refractivity contribution in [2.45, 2.75) is 12.8 Å². The van der Waals surface area contributed by atoms with E-state index in [2.05, 4.69) is 254 Å². The highest BCUT2D eigenvalue weighted by Gasteiger charge is 2.24. The molecular weight excluding hydrogens is 807 g/mol. The number of fused-ring (bicyclic) bond motifs is 6. The molecule has 0 atom stereocenters. The van der Waals surface area contributed by atoms with Crippen molar-refractivity contribution >= 4 is 60.2 Å². The first-order valence-electron chi connectivity index (χ1n) is 23.5. The molecule has 0 spiro atoms. The van der Waals surface area contributed by atoms with E-state index >= 15 is 0 Å². The number of benzene rings is 12. The minimum Gasteiger partial charge on any atom is -0.310 e. The van der Waals surface area contributed by atoms with Crippen LogP contribution in [-0.4, -0.2) is 0 Å². The standard InChI is InChI=1S/C66H45N/c1-4-18-44(19-5-1)49-38-40-59-60(43-49)65(46-21-6-2-7-22-46)56-28-14-11-25-53(56)64(59)48-35-33-47(34-36-48)63-54-26-12-15-29-57(54)66(58-30-16-13-27-55(58)63)51-39-41-62-50(42-51)37-32-45-20-10-17-31-61(45)67(62)52-23-8-3-9-24-52/h1-31,33-36,38-43H,32,37H2. The lowest BCUT2D eigenvalue weighted by Gasteiger charge is -2.27. The number of rotatable bonds is 6. The smallest absolute Gasteiger partial charge is 0.0494 e. The number of hydrogen-bond acceptors (Lipinski definition) is 1. The van der Waals surface area contributed by atoms with E-state index in [-0.39, 0.29) is 0 Å². The molecule has 0 aliphatic carbocycles. The van der Waals surface area contributed by atoms with E-state index in [1.165, 1.54) is 127 Å². The average molecular weight is 852 g/mol. The molecule has 1 heteroatoms. The minimum absolute atomic E-state index is 0.970. The second-order valence-corrected chi connectivity index (χ2v) is 17.8. The lowest BCUT2D eigenvalue weighted by atomic mass is 9.83. The van der Waals surface area contributed by atoms with Gasteiger partial charge in [0.25, 0.3) is 0 Å². The summed E-state index contributed by atoms with van der Waals surface area (Å²) in [6.45, 7) is 0. The van der Waals surface area contributed by atoms with Crippen LogP contribution in [0.1, 0.15) is 11.1 Å². The van der Waals surface area contributed by atoms with Gasteiger partial charge in [-0.05, 0) is 159 Å². The third-order valence-electron chi connectivity index (χ3n) is 14.1. The van der Waals surface area contributed by atoms with Gasteiger partial charge < -0.3 is 4.90 Å². The molecule has 0 saturated carbocycles. The van der Waals surface area contributed by atoms with Crippen molar-refractivity contribution in [1.29, 1.82) is 0 Å². The zero-order chi connectivity index (χ0) is 44.3. The normalized spacial score (nSPS) is 12.3. The number of nitrogens with zero attached hydrogens (tertiary/aromatic N) is 1. The molecule has 12 aromatic rings. The predicted molar refractivity (Wildman–Crippen MR) is 286 cm³/mol. The number of aryl methyl sites for hydroxylation is 2. The van der Waals surface area contributed by atoms with Crippen molar-refractivity contribution in [2.24, 2.45) is 0 Å². The van der Waals surface area contributed by atoms with Gasteiger partial charge in [-0.1, -0.05) is 212 Å². The second kappa shape index (κ2) is 16.2. The van der Waals surface area contributed by atoms with Gasteiger partial charge in [-0.15, -0.1) is 0 Å². The summed E-state index contributed by atoms with van der Waals surface area (Å²) in [5, 5.41) is 10.1. The molecule has 12 aromatic carbocycles. The summed E-state index contributed by atoms with van der Waals surface area (Å²) >= 11 is 0. The van der Waals surface area contributed by atoms with Gasteiger partial charge >= 0.3 is 0 Å². The highest BCUT2D eigenvalue weighted by Crippen LogP contribution is 2.49. The van der Waals surface area contributed by atoms with Crippen molar-refractivity contribution < 1.29 is 0 Å². The Morgan fingerprint density at radius 3 is 1.16 bits per heavy atom. The topological polar surface area (TPSA) is 3.24 Å². The average Bonchev–Trinajstić information content (AvgIpc) is 3.57. The van der Waals surface area contributed by atoms with Crippen molar-refractivity contribution in [1.82, 2.24) is 0 Å². The van der Waals surface area contributed by atoms with E-state index in [1.807, 2.05) is 0 Å². The first-order valence-corrected chi connectivity index (χ1v) is 23.5. The Labute approximate surface area is 391 Å². The van der Waals surface area contributed by atoms with Crippen LogP contribution in [0.25, 0.3) is 98.7 Å². The van der Waals surface area contributed by atoms with E-state index in [1.54, 1.807) is 0 Å². The zero-order valence-electron chi connectivity index (χ0n) is 37.0. The molecule has 0 bridgehead atoms. The third-order valence-corrected chi connectivity index (χ3v) is 14.1. The van der Waals surface area contributed by atoms with Crippen LogP contribution < -0.4 is 4.90 Å². The van der Waals surface area contributed by atoms with Gasteiger partial charge in [0.15, 0.2) is 0 Å². The second-order valence-electron chi connectivity index (χ2n) is 17.8. The first-order chi connectivity index (χ1) is 33.3. The van der Waals surface area contributed by atoms with Gasteiger partial charge in [-0.3, -0.25) is 0 Å². The van der Waals surface area contributed by atoms with Crippen LogP contribution in [0.4, 0.5) is 17.1 Å². The first kappa shape index (κ1) is 38.9. The van der Waals surface area contributed by atoms with Crippen LogP contribution in [0.15, 0.2) is 249 Å². The summed E-state index contributed by atoms with van der Waals surface area (Å²) in [7, 11) is 0. The molecule has 0 unspecified atom stereocenters. The fourth-order valence-corrected chi connectivity index (χ4v) is 11.1. The third kappa shape index (κ3) is 6.54.